The Hall–Kier alpha value is -3.15. The first kappa shape index (κ1) is 23.9. The van der Waals surface area contributed by atoms with Crippen molar-refractivity contribution >= 4 is 23.7 Å². The van der Waals surface area contributed by atoms with Crippen LogP contribution in [0.5, 0.6) is 0 Å². The van der Waals surface area contributed by atoms with Gasteiger partial charge in [-0.1, -0.05) is 13.8 Å². The lowest BCUT2D eigenvalue weighted by molar-refractivity contribution is -0.142. The van der Waals surface area contributed by atoms with Crippen molar-refractivity contribution in [2.75, 3.05) is 6.54 Å². The second kappa shape index (κ2) is 11.6. The SMILES string of the molecule is CC(C)C(N)C(=O)NC(CCCN=C(N)N)C(=O)NC(Cc1cnc[nH]1)C(=O)O. The van der Waals surface area contributed by atoms with Gasteiger partial charge in [0.05, 0.1) is 12.4 Å². The van der Waals surface area contributed by atoms with Gasteiger partial charge in [0.2, 0.25) is 11.8 Å². The Morgan fingerprint density at radius 1 is 1.21 bits per heavy atom. The summed E-state index contributed by atoms with van der Waals surface area (Å²) in [5.41, 5.74) is 16.9. The molecule has 1 heterocycles. The number of nitrogens with zero attached hydrogens (tertiary/aromatic N) is 2. The number of carboxylic acids is 1. The van der Waals surface area contributed by atoms with E-state index in [2.05, 4.69) is 25.6 Å². The van der Waals surface area contributed by atoms with Crippen LogP contribution in [0.15, 0.2) is 17.5 Å². The second-order valence-corrected chi connectivity index (χ2v) is 6.96. The lowest BCUT2D eigenvalue weighted by Gasteiger charge is -2.23. The fraction of sp³-hybridized carbons (Fsp3) is 0.588. The summed E-state index contributed by atoms with van der Waals surface area (Å²) in [6.45, 7) is 3.82. The normalized spacial score (nSPS) is 13.9. The summed E-state index contributed by atoms with van der Waals surface area (Å²) in [4.78, 5) is 47.0. The minimum atomic E-state index is -1.21. The number of H-pyrrole nitrogens is 1. The van der Waals surface area contributed by atoms with E-state index in [1.807, 2.05) is 0 Å². The molecule has 0 saturated carbocycles. The van der Waals surface area contributed by atoms with Crippen molar-refractivity contribution in [1.29, 1.82) is 0 Å². The van der Waals surface area contributed by atoms with Crippen molar-refractivity contribution < 1.29 is 19.5 Å². The summed E-state index contributed by atoms with van der Waals surface area (Å²) in [6, 6.07) is -2.98. The van der Waals surface area contributed by atoms with E-state index in [-0.39, 0.29) is 31.3 Å². The molecule has 29 heavy (non-hydrogen) atoms. The van der Waals surface area contributed by atoms with E-state index in [0.717, 1.165) is 0 Å². The number of carbonyl (C=O) groups is 3. The average Bonchev–Trinajstić information content (AvgIpc) is 3.15. The number of hydrogen-bond acceptors (Lipinski definition) is 6. The van der Waals surface area contributed by atoms with Crippen molar-refractivity contribution in [1.82, 2.24) is 20.6 Å². The highest BCUT2D eigenvalue weighted by Crippen LogP contribution is 2.05. The molecule has 0 saturated heterocycles. The molecule has 0 spiro atoms. The number of rotatable bonds is 12. The molecule has 0 aromatic carbocycles. The van der Waals surface area contributed by atoms with E-state index in [9.17, 15) is 19.5 Å². The lowest BCUT2D eigenvalue weighted by atomic mass is 10.0. The van der Waals surface area contributed by atoms with E-state index in [0.29, 0.717) is 12.1 Å². The topological polar surface area (TPSA) is 215 Å². The molecule has 0 aliphatic carbocycles. The Morgan fingerprint density at radius 3 is 2.38 bits per heavy atom. The van der Waals surface area contributed by atoms with Gasteiger partial charge >= 0.3 is 5.97 Å². The number of aliphatic imine (C=N–C) groups is 1. The molecule has 162 valence electrons. The van der Waals surface area contributed by atoms with E-state index in [1.54, 1.807) is 13.8 Å². The molecule has 3 atom stereocenters. The van der Waals surface area contributed by atoms with Crippen molar-refractivity contribution in [3.05, 3.63) is 18.2 Å². The molecule has 3 unspecified atom stereocenters. The van der Waals surface area contributed by atoms with Crippen LogP contribution in [0.4, 0.5) is 0 Å². The third-order valence-corrected chi connectivity index (χ3v) is 4.19. The molecule has 2 amide bonds. The Kier molecular flexibility index (Phi) is 9.59. The summed E-state index contributed by atoms with van der Waals surface area (Å²) >= 11 is 0. The number of aliphatic carboxylic acids is 1. The first-order valence-electron chi connectivity index (χ1n) is 9.23. The molecule has 0 aliphatic rings. The number of carbonyl (C=O) groups excluding carboxylic acids is 2. The maximum absolute atomic E-state index is 12.7. The fourth-order valence-electron chi connectivity index (χ4n) is 2.43. The number of hydrogen-bond donors (Lipinski definition) is 7. The molecule has 1 rings (SSSR count). The van der Waals surface area contributed by atoms with Gasteiger partial charge < -0.3 is 37.9 Å². The monoisotopic (exact) mass is 410 g/mol. The van der Waals surface area contributed by atoms with Crippen LogP contribution in [0.2, 0.25) is 0 Å². The molecular formula is C17H30N8O4. The first-order valence-corrected chi connectivity index (χ1v) is 9.23. The van der Waals surface area contributed by atoms with Crippen LogP contribution in [-0.2, 0) is 20.8 Å². The van der Waals surface area contributed by atoms with E-state index < -0.39 is 35.9 Å². The third-order valence-electron chi connectivity index (χ3n) is 4.19. The van der Waals surface area contributed by atoms with Crippen LogP contribution < -0.4 is 27.8 Å². The van der Waals surface area contributed by atoms with Crippen molar-refractivity contribution in [3.8, 4) is 0 Å². The number of carboxylic acid groups (broad SMARTS) is 1. The molecule has 10 N–H and O–H groups in total. The summed E-state index contributed by atoms with van der Waals surface area (Å²) in [5, 5.41) is 14.5. The maximum atomic E-state index is 12.7. The fourth-order valence-corrected chi connectivity index (χ4v) is 2.43. The molecule has 0 aliphatic heterocycles. The number of amides is 2. The third kappa shape index (κ3) is 8.60. The van der Waals surface area contributed by atoms with Crippen molar-refractivity contribution in [2.45, 2.75) is 51.2 Å². The number of nitrogens with one attached hydrogen (secondary N) is 3. The zero-order chi connectivity index (χ0) is 22.0. The molecule has 1 aromatic rings. The Morgan fingerprint density at radius 2 is 1.86 bits per heavy atom. The second-order valence-electron chi connectivity index (χ2n) is 6.96. The van der Waals surface area contributed by atoms with Crippen molar-refractivity contribution in [2.24, 2.45) is 28.1 Å². The Labute approximate surface area is 168 Å². The van der Waals surface area contributed by atoms with Crippen LogP contribution in [0, 0.1) is 5.92 Å². The molecule has 0 fully saturated rings. The largest absolute Gasteiger partial charge is 0.480 e. The molecule has 12 nitrogen and oxygen atoms in total. The van der Waals surface area contributed by atoms with Gasteiger partial charge in [-0.15, -0.1) is 0 Å². The van der Waals surface area contributed by atoms with E-state index in [4.69, 9.17) is 17.2 Å². The predicted octanol–water partition coefficient (Wildman–Crippen LogP) is -1.96. The van der Waals surface area contributed by atoms with Crippen LogP contribution in [0.3, 0.4) is 0 Å². The predicted molar refractivity (Wildman–Crippen MR) is 107 cm³/mol. The standard InChI is InChI=1S/C17H30N8O4/c1-9(2)13(18)15(27)24-11(4-3-5-22-17(19)20)14(26)25-12(16(28)29)6-10-7-21-8-23-10/h7-9,11-13H,3-6,18H2,1-2H3,(H,21,23)(H,24,27)(H,25,26)(H,28,29)(H4,19,20,22). The molecule has 1 aromatic heterocycles. The zero-order valence-electron chi connectivity index (χ0n) is 16.6. The lowest BCUT2D eigenvalue weighted by Crippen LogP contribution is -2.55. The van der Waals surface area contributed by atoms with Gasteiger partial charge in [-0.2, -0.15) is 0 Å². The van der Waals surface area contributed by atoms with Gasteiger partial charge in [0.15, 0.2) is 5.96 Å². The van der Waals surface area contributed by atoms with Crippen LogP contribution in [0.25, 0.3) is 0 Å². The van der Waals surface area contributed by atoms with Crippen LogP contribution in [-0.4, -0.2) is 63.5 Å². The van der Waals surface area contributed by atoms with E-state index in [1.165, 1.54) is 12.5 Å². The molecule has 12 heteroatoms. The maximum Gasteiger partial charge on any atom is 0.326 e. The summed E-state index contributed by atoms with van der Waals surface area (Å²) in [7, 11) is 0. The Bertz CT molecular complexity index is 700. The van der Waals surface area contributed by atoms with Crippen LogP contribution >= 0.6 is 0 Å². The highest BCUT2D eigenvalue weighted by Gasteiger charge is 2.28. The van der Waals surface area contributed by atoms with Gasteiger partial charge in [-0.05, 0) is 18.8 Å². The number of nitrogens with two attached hydrogens (primary N) is 3. The highest BCUT2D eigenvalue weighted by molar-refractivity contribution is 5.91. The number of imidazole rings is 1. The smallest absolute Gasteiger partial charge is 0.326 e. The number of guanidine groups is 1. The minimum Gasteiger partial charge on any atom is -0.480 e. The van der Waals surface area contributed by atoms with E-state index >= 15 is 0 Å². The molecule has 0 radical (unpaired) electrons. The molecule has 0 bridgehead atoms. The van der Waals surface area contributed by atoms with Crippen molar-refractivity contribution in [3.63, 3.8) is 0 Å². The van der Waals surface area contributed by atoms with Gasteiger partial charge in [-0.25, -0.2) is 9.78 Å². The van der Waals surface area contributed by atoms with Gasteiger partial charge in [0.1, 0.15) is 12.1 Å². The van der Waals surface area contributed by atoms with Gasteiger partial charge in [-0.3, -0.25) is 14.6 Å². The van der Waals surface area contributed by atoms with Crippen LogP contribution in [0.1, 0.15) is 32.4 Å². The van der Waals surface area contributed by atoms with Gasteiger partial charge in [0, 0.05) is 24.9 Å². The summed E-state index contributed by atoms with van der Waals surface area (Å²) in [5.74, 6) is -2.55. The Balaban J connectivity index is 2.83. The zero-order valence-corrected chi connectivity index (χ0v) is 16.6. The van der Waals surface area contributed by atoms with Gasteiger partial charge in [0.25, 0.3) is 0 Å². The summed E-state index contributed by atoms with van der Waals surface area (Å²) in [6.07, 6.45) is 3.50. The quantitative estimate of drug-likeness (QED) is 0.116. The average molecular weight is 410 g/mol. The first-order chi connectivity index (χ1) is 13.6. The number of aromatic nitrogens is 2. The minimum absolute atomic E-state index is 0.0151. The summed E-state index contributed by atoms with van der Waals surface area (Å²) < 4.78 is 0. The number of aromatic amines is 1. The highest BCUT2D eigenvalue weighted by atomic mass is 16.4. The molecular weight excluding hydrogens is 380 g/mol.